The second-order valence-electron chi connectivity index (χ2n) is 5.07. The highest BCUT2D eigenvalue weighted by molar-refractivity contribution is 5.98. The Balaban J connectivity index is 2.34. The van der Waals surface area contributed by atoms with Crippen LogP contribution in [0.25, 0.3) is 0 Å². The molecule has 1 aromatic rings. The van der Waals surface area contributed by atoms with Crippen molar-refractivity contribution in [2.24, 2.45) is 0 Å². The van der Waals surface area contributed by atoms with Crippen molar-refractivity contribution in [3.8, 4) is 17.6 Å². The molecule has 112 valence electrons. The van der Waals surface area contributed by atoms with E-state index in [2.05, 4.69) is 6.07 Å². The standard InChI is InChI=1S/C16H20N2O3/c1-20-14-9-5-8-13(15(14)21-2)16(19)18(11-10-17)12-6-3-4-7-12/h5,8-9,12H,3-4,6-7,11H2,1-2H3. The molecule has 0 spiro atoms. The fraction of sp³-hybridized carbons (Fsp3) is 0.500. The Kier molecular flexibility index (Phi) is 5.04. The number of para-hydroxylation sites is 1. The maximum atomic E-state index is 12.8. The molecule has 1 saturated carbocycles. The van der Waals surface area contributed by atoms with E-state index in [9.17, 15) is 4.79 Å². The number of hydrogen-bond acceptors (Lipinski definition) is 4. The van der Waals surface area contributed by atoms with Crippen LogP contribution in [-0.4, -0.2) is 37.6 Å². The second kappa shape index (κ2) is 6.98. The van der Waals surface area contributed by atoms with Crippen LogP contribution in [0.2, 0.25) is 0 Å². The van der Waals surface area contributed by atoms with Crippen molar-refractivity contribution in [3.63, 3.8) is 0 Å². The van der Waals surface area contributed by atoms with E-state index in [0.717, 1.165) is 25.7 Å². The van der Waals surface area contributed by atoms with Crippen LogP contribution in [0, 0.1) is 11.3 Å². The molecule has 0 radical (unpaired) electrons. The molecule has 0 N–H and O–H groups in total. The summed E-state index contributed by atoms with van der Waals surface area (Å²) in [6, 6.07) is 7.46. The summed E-state index contributed by atoms with van der Waals surface area (Å²) in [6.45, 7) is 0.101. The summed E-state index contributed by atoms with van der Waals surface area (Å²) < 4.78 is 10.6. The van der Waals surface area contributed by atoms with Crippen molar-refractivity contribution in [2.45, 2.75) is 31.7 Å². The first kappa shape index (κ1) is 15.2. The van der Waals surface area contributed by atoms with E-state index >= 15 is 0 Å². The topological polar surface area (TPSA) is 62.6 Å². The number of hydrogen-bond donors (Lipinski definition) is 0. The maximum absolute atomic E-state index is 12.8. The van der Waals surface area contributed by atoms with Gasteiger partial charge in [-0.1, -0.05) is 18.9 Å². The number of methoxy groups -OCH3 is 2. The second-order valence-corrected chi connectivity index (χ2v) is 5.07. The minimum atomic E-state index is -0.167. The van der Waals surface area contributed by atoms with E-state index < -0.39 is 0 Å². The first-order valence-corrected chi connectivity index (χ1v) is 7.11. The van der Waals surface area contributed by atoms with Crippen molar-refractivity contribution in [1.29, 1.82) is 5.26 Å². The minimum Gasteiger partial charge on any atom is -0.493 e. The molecule has 0 saturated heterocycles. The summed E-state index contributed by atoms with van der Waals surface area (Å²) in [7, 11) is 3.05. The van der Waals surface area contributed by atoms with Crippen molar-refractivity contribution in [2.75, 3.05) is 20.8 Å². The molecule has 1 aromatic carbocycles. The van der Waals surface area contributed by atoms with Gasteiger partial charge in [-0.25, -0.2) is 0 Å². The maximum Gasteiger partial charge on any atom is 0.258 e. The average Bonchev–Trinajstić information content (AvgIpc) is 3.05. The van der Waals surface area contributed by atoms with Gasteiger partial charge in [-0.2, -0.15) is 5.26 Å². The third-order valence-electron chi connectivity index (χ3n) is 3.90. The summed E-state index contributed by atoms with van der Waals surface area (Å²) in [5, 5.41) is 9.02. The van der Waals surface area contributed by atoms with Gasteiger partial charge in [-0.05, 0) is 25.0 Å². The first-order valence-electron chi connectivity index (χ1n) is 7.11. The highest BCUT2D eigenvalue weighted by Crippen LogP contribution is 2.33. The number of ether oxygens (including phenoxy) is 2. The molecule has 0 atom stereocenters. The monoisotopic (exact) mass is 288 g/mol. The lowest BCUT2D eigenvalue weighted by Gasteiger charge is -2.27. The van der Waals surface area contributed by atoms with Gasteiger partial charge in [-0.15, -0.1) is 0 Å². The van der Waals surface area contributed by atoms with Gasteiger partial charge in [0.25, 0.3) is 5.91 Å². The molecule has 0 aromatic heterocycles. The van der Waals surface area contributed by atoms with Gasteiger partial charge in [0.15, 0.2) is 11.5 Å². The molecule has 1 fully saturated rings. The molecule has 5 heteroatoms. The fourth-order valence-electron chi connectivity index (χ4n) is 2.87. The normalized spacial score (nSPS) is 14.5. The number of benzene rings is 1. The Morgan fingerprint density at radius 2 is 2.05 bits per heavy atom. The lowest BCUT2D eigenvalue weighted by atomic mass is 10.1. The van der Waals surface area contributed by atoms with Crippen molar-refractivity contribution in [3.05, 3.63) is 23.8 Å². The first-order chi connectivity index (χ1) is 10.2. The van der Waals surface area contributed by atoms with Gasteiger partial charge in [0.2, 0.25) is 0 Å². The molecule has 5 nitrogen and oxygen atoms in total. The molecule has 0 aliphatic heterocycles. The molecule has 2 rings (SSSR count). The third kappa shape index (κ3) is 3.10. The predicted molar refractivity (Wildman–Crippen MR) is 78.5 cm³/mol. The largest absolute Gasteiger partial charge is 0.493 e. The van der Waals surface area contributed by atoms with Crippen molar-refractivity contribution in [1.82, 2.24) is 4.90 Å². The average molecular weight is 288 g/mol. The van der Waals surface area contributed by atoms with Gasteiger partial charge in [-0.3, -0.25) is 4.79 Å². The van der Waals surface area contributed by atoms with E-state index in [0.29, 0.717) is 17.1 Å². The number of nitrogens with zero attached hydrogens (tertiary/aromatic N) is 2. The van der Waals surface area contributed by atoms with Crippen molar-refractivity contribution >= 4 is 5.91 Å². The Labute approximate surface area is 125 Å². The van der Waals surface area contributed by atoms with Gasteiger partial charge in [0.05, 0.1) is 25.9 Å². The van der Waals surface area contributed by atoms with Gasteiger partial charge >= 0.3 is 0 Å². The highest BCUT2D eigenvalue weighted by Gasteiger charge is 2.29. The zero-order valence-corrected chi connectivity index (χ0v) is 12.5. The third-order valence-corrected chi connectivity index (χ3v) is 3.90. The van der Waals surface area contributed by atoms with Crippen LogP contribution < -0.4 is 9.47 Å². The summed E-state index contributed by atoms with van der Waals surface area (Å²) in [4.78, 5) is 14.5. The summed E-state index contributed by atoms with van der Waals surface area (Å²) in [5.41, 5.74) is 0.444. The van der Waals surface area contributed by atoms with Crippen LogP contribution in [0.15, 0.2) is 18.2 Å². The van der Waals surface area contributed by atoms with Crippen molar-refractivity contribution < 1.29 is 14.3 Å². The number of rotatable bonds is 5. The Morgan fingerprint density at radius 3 is 2.62 bits per heavy atom. The van der Waals surface area contributed by atoms with E-state index in [1.807, 2.05) is 0 Å². The molecule has 1 aliphatic rings. The number of nitriles is 1. The fourth-order valence-corrected chi connectivity index (χ4v) is 2.87. The molecule has 21 heavy (non-hydrogen) atoms. The van der Waals surface area contributed by atoms with Gasteiger partial charge < -0.3 is 14.4 Å². The molecular weight excluding hydrogens is 268 g/mol. The Bertz CT molecular complexity index is 545. The summed E-state index contributed by atoms with van der Waals surface area (Å²) in [5.74, 6) is 0.775. The van der Waals surface area contributed by atoms with Gasteiger partial charge in [0, 0.05) is 6.04 Å². The highest BCUT2D eigenvalue weighted by atomic mass is 16.5. The van der Waals surface area contributed by atoms with Crippen LogP contribution in [0.5, 0.6) is 11.5 Å². The molecule has 1 amide bonds. The zero-order valence-electron chi connectivity index (χ0n) is 12.5. The SMILES string of the molecule is COc1cccc(C(=O)N(CC#N)C2CCCC2)c1OC. The number of carbonyl (C=O) groups excluding carboxylic acids is 1. The Morgan fingerprint density at radius 1 is 1.33 bits per heavy atom. The van der Waals surface area contributed by atoms with E-state index in [1.54, 1.807) is 23.1 Å². The summed E-state index contributed by atoms with van der Waals surface area (Å²) >= 11 is 0. The molecular formula is C16H20N2O3. The van der Waals surface area contributed by atoms with Crippen LogP contribution in [0.3, 0.4) is 0 Å². The quantitative estimate of drug-likeness (QED) is 0.781. The van der Waals surface area contributed by atoms with Crippen LogP contribution in [0.1, 0.15) is 36.0 Å². The number of carbonyl (C=O) groups is 1. The molecule has 1 aliphatic carbocycles. The predicted octanol–water partition coefficient (Wildman–Crippen LogP) is 2.61. The number of amides is 1. The Hall–Kier alpha value is -2.22. The minimum absolute atomic E-state index is 0.101. The van der Waals surface area contributed by atoms with E-state index in [-0.39, 0.29) is 18.5 Å². The smallest absolute Gasteiger partial charge is 0.258 e. The van der Waals surface area contributed by atoms with Crippen LogP contribution in [-0.2, 0) is 0 Å². The molecule has 0 unspecified atom stereocenters. The zero-order chi connectivity index (χ0) is 15.2. The molecule has 0 bridgehead atoms. The lowest BCUT2D eigenvalue weighted by Crippen LogP contribution is -2.39. The van der Waals surface area contributed by atoms with Crippen LogP contribution in [0.4, 0.5) is 0 Å². The molecule has 0 heterocycles. The van der Waals surface area contributed by atoms with Gasteiger partial charge in [0.1, 0.15) is 6.54 Å². The van der Waals surface area contributed by atoms with E-state index in [4.69, 9.17) is 14.7 Å². The summed E-state index contributed by atoms with van der Waals surface area (Å²) in [6.07, 6.45) is 4.13. The lowest BCUT2D eigenvalue weighted by molar-refractivity contribution is 0.0705. The van der Waals surface area contributed by atoms with Crippen LogP contribution >= 0.6 is 0 Å². The van der Waals surface area contributed by atoms with E-state index in [1.165, 1.54) is 14.2 Å².